The van der Waals surface area contributed by atoms with Gasteiger partial charge in [0, 0.05) is 25.1 Å². The van der Waals surface area contributed by atoms with Crippen molar-refractivity contribution in [3.63, 3.8) is 0 Å². The largest absolute Gasteiger partial charge is 0.366 e. The number of hydrazine groups is 1. The van der Waals surface area contributed by atoms with Gasteiger partial charge in [-0.25, -0.2) is 15.8 Å². The van der Waals surface area contributed by atoms with Gasteiger partial charge in [-0.1, -0.05) is 20.8 Å². The maximum absolute atomic E-state index is 5.46. The van der Waals surface area contributed by atoms with Gasteiger partial charge in [0.1, 0.15) is 17.5 Å². The summed E-state index contributed by atoms with van der Waals surface area (Å²) < 4.78 is 0. The van der Waals surface area contributed by atoms with Gasteiger partial charge in [-0.2, -0.15) is 0 Å². The molecule has 0 aliphatic rings. The van der Waals surface area contributed by atoms with E-state index in [1.165, 1.54) is 0 Å². The molecule has 1 unspecified atom stereocenters. The molecule has 1 rings (SSSR count). The van der Waals surface area contributed by atoms with Crippen molar-refractivity contribution in [3.05, 3.63) is 11.9 Å². The molecule has 0 aromatic carbocycles. The summed E-state index contributed by atoms with van der Waals surface area (Å²) in [4.78, 5) is 11.0. The normalized spacial score (nSPS) is 12.8. The van der Waals surface area contributed by atoms with Crippen molar-refractivity contribution in [1.82, 2.24) is 14.9 Å². The summed E-state index contributed by atoms with van der Waals surface area (Å²) in [5, 5.41) is 3.50. The van der Waals surface area contributed by atoms with E-state index in [0.717, 1.165) is 31.0 Å². The number of aryl methyl sites for hydroxylation is 1. The standard InChI is InChI=1S/C14H28N6/c1-6-12-17-13(8-14(18-12)19-15)16-11(7-10(2)3)9-20(4)5/h8,10-11H,6-7,9,15H2,1-5H3,(H2,16,17,18,19). The molecule has 1 aromatic rings. The van der Waals surface area contributed by atoms with Crippen molar-refractivity contribution >= 4 is 11.6 Å². The first-order chi connectivity index (χ1) is 9.44. The molecule has 0 saturated heterocycles. The van der Waals surface area contributed by atoms with Gasteiger partial charge in [-0.05, 0) is 26.4 Å². The first kappa shape index (κ1) is 16.7. The second kappa shape index (κ2) is 8.01. The molecular formula is C14H28N6. The van der Waals surface area contributed by atoms with Crippen LogP contribution < -0.4 is 16.6 Å². The Bertz CT molecular complexity index is 372. The number of aromatic nitrogens is 2. The molecule has 1 aromatic heterocycles. The third kappa shape index (κ3) is 5.71. The van der Waals surface area contributed by atoms with Gasteiger partial charge in [-0.3, -0.25) is 0 Å². The summed E-state index contributed by atoms with van der Waals surface area (Å²) in [7, 11) is 4.17. The molecular weight excluding hydrogens is 252 g/mol. The Morgan fingerprint density at radius 2 is 1.90 bits per heavy atom. The molecule has 0 radical (unpaired) electrons. The van der Waals surface area contributed by atoms with E-state index in [2.05, 4.69) is 53.6 Å². The number of rotatable bonds is 8. The average molecular weight is 280 g/mol. The van der Waals surface area contributed by atoms with E-state index in [1.807, 2.05) is 13.0 Å². The fraction of sp³-hybridized carbons (Fsp3) is 0.714. The zero-order valence-corrected chi connectivity index (χ0v) is 13.3. The van der Waals surface area contributed by atoms with E-state index in [1.54, 1.807) is 0 Å². The van der Waals surface area contributed by atoms with Crippen LogP contribution in [0.4, 0.5) is 11.6 Å². The molecule has 0 bridgehead atoms. The summed E-state index contributed by atoms with van der Waals surface area (Å²) in [6, 6.07) is 2.21. The van der Waals surface area contributed by atoms with Gasteiger partial charge < -0.3 is 15.6 Å². The summed E-state index contributed by atoms with van der Waals surface area (Å²) in [6.07, 6.45) is 1.88. The molecule has 0 saturated carbocycles. The number of nitrogens with two attached hydrogens (primary N) is 1. The van der Waals surface area contributed by atoms with Crippen LogP contribution in [0.1, 0.15) is 33.0 Å². The van der Waals surface area contributed by atoms with Crippen molar-refractivity contribution in [2.75, 3.05) is 31.4 Å². The van der Waals surface area contributed by atoms with E-state index >= 15 is 0 Å². The molecule has 4 N–H and O–H groups in total. The molecule has 20 heavy (non-hydrogen) atoms. The quantitative estimate of drug-likeness (QED) is 0.497. The van der Waals surface area contributed by atoms with E-state index in [4.69, 9.17) is 5.84 Å². The van der Waals surface area contributed by atoms with Crippen LogP contribution in [-0.2, 0) is 6.42 Å². The monoisotopic (exact) mass is 280 g/mol. The Balaban J connectivity index is 2.85. The maximum atomic E-state index is 5.46. The van der Waals surface area contributed by atoms with Gasteiger partial charge in [-0.15, -0.1) is 0 Å². The SMILES string of the molecule is CCc1nc(NN)cc(NC(CC(C)C)CN(C)C)n1. The second-order valence-corrected chi connectivity index (χ2v) is 5.79. The van der Waals surface area contributed by atoms with Crippen molar-refractivity contribution < 1.29 is 0 Å². The van der Waals surface area contributed by atoms with Gasteiger partial charge in [0.15, 0.2) is 0 Å². The Hall–Kier alpha value is -1.40. The van der Waals surface area contributed by atoms with Crippen LogP contribution in [0.5, 0.6) is 0 Å². The smallest absolute Gasteiger partial charge is 0.145 e. The lowest BCUT2D eigenvalue weighted by atomic mass is 10.0. The number of nitrogens with one attached hydrogen (secondary N) is 2. The predicted molar refractivity (Wildman–Crippen MR) is 84.6 cm³/mol. The Kier molecular flexibility index (Phi) is 6.67. The number of hydrogen-bond donors (Lipinski definition) is 3. The van der Waals surface area contributed by atoms with E-state index in [9.17, 15) is 0 Å². The number of nitrogen functional groups attached to an aromatic ring is 1. The topological polar surface area (TPSA) is 79.1 Å². The summed E-state index contributed by atoms with van der Waals surface area (Å²) >= 11 is 0. The van der Waals surface area contributed by atoms with Crippen LogP contribution in [-0.4, -0.2) is 41.5 Å². The molecule has 1 atom stereocenters. The second-order valence-electron chi connectivity index (χ2n) is 5.79. The molecule has 0 amide bonds. The van der Waals surface area contributed by atoms with Crippen molar-refractivity contribution in [1.29, 1.82) is 0 Å². The molecule has 6 heteroatoms. The average Bonchev–Trinajstić information content (AvgIpc) is 2.36. The first-order valence-corrected chi connectivity index (χ1v) is 7.20. The number of anilines is 2. The highest BCUT2D eigenvalue weighted by atomic mass is 15.3. The lowest BCUT2D eigenvalue weighted by Crippen LogP contribution is -2.34. The fourth-order valence-electron chi connectivity index (χ4n) is 2.20. The minimum Gasteiger partial charge on any atom is -0.366 e. The van der Waals surface area contributed by atoms with Gasteiger partial charge >= 0.3 is 0 Å². The van der Waals surface area contributed by atoms with Crippen molar-refractivity contribution in [2.45, 2.75) is 39.7 Å². The Labute approximate surface area is 122 Å². The summed E-state index contributed by atoms with van der Waals surface area (Å²) in [5.74, 6) is 8.35. The highest BCUT2D eigenvalue weighted by molar-refractivity contribution is 5.47. The molecule has 0 spiro atoms. The van der Waals surface area contributed by atoms with Crippen LogP contribution in [0.3, 0.4) is 0 Å². The predicted octanol–water partition coefficient (Wildman–Crippen LogP) is 1.71. The van der Waals surface area contributed by atoms with Crippen molar-refractivity contribution in [2.24, 2.45) is 11.8 Å². The molecule has 0 aliphatic carbocycles. The van der Waals surface area contributed by atoms with Crippen molar-refractivity contribution in [3.8, 4) is 0 Å². The maximum Gasteiger partial charge on any atom is 0.145 e. The summed E-state index contributed by atoms with van der Waals surface area (Å²) in [6.45, 7) is 7.46. The van der Waals surface area contributed by atoms with Gasteiger partial charge in [0.2, 0.25) is 0 Å². The van der Waals surface area contributed by atoms with Crippen LogP contribution in [0.2, 0.25) is 0 Å². The van der Waals surface area contributed by atoms with Crippen LogP contribution in [0.25, 0.3) is 0 Å². The fourth-order valence-corrected chi connectivity index (χ4v) is 2.20. The van der Waals surface area contributed by atoms with Gasteiger partial charge in [0.25, 0.3) is 0 Å². The molecule has 1 heterocycles. The van der Waals surface area contributed by atoms with E-state index in [-0.39, 0.29) is 0 Å². The number of nitrogens with zero attached hydrogens (tertiary/aromatic N) is 3. The molecule has 0 aliphatic heterocycles. The molecule has 114 valence electrons. The third-order valence-corrected chi connectivity index (χ3v) is 2.93. The Morgan fingerprint density at radius 3 is 2.40 bits per heavy atom. The number of hydrogen-bond acceptors (Lipinski definition) is 6. The van der Waals surface area contributed by atoms with E-state index < -0.39 is 0 Å². The van der Waals surface area contributed by atoms with Crippen LogP contribution >= 0.6 is 0 Å². The third-order valence-electron chi connectivity index (χ3n) is 2.93. The minimum absolute atomic E-state index is 0.357. The van der Waals surface area contributed by atoms with Crippen LogP contribution in [0.15, 0.2) is 6.07 Å². The Morgan fingerprint density at radius 1 is 1.25 bits per heavy atom. The first-order valence-electron chi connectivity index (χ1n) is 7.20. The van der Waals surface area contributed by atoms with Gasteiger partial charge in [0.05, 0.1) is 0 Å². The lowest BCUT2D eigenvalue weighted by Gasteiger charge is -2.24. The van der Waals surface area contributed by atoms with E-state index in [0.29, 0.717) is 17.8 Å². The minimum atomic E-state index is 0.357. The molecule has 6 nitrogen and oxygen atoms in total. The van der Waals surface area contributed by atoms with Crippen LogP contribution in [0, 0.1) is 5.92 Å². The highest BCUT2D eigenvalue weighted by Gasteiger charge is 2.13. The highest BCUT2D eigenvalue weighted by Crippen LogP contribution is 2.15. The zero-order chi connectivity index (χ0) is 15.1. The number of likely N-dealkylation sites (N-methyl/N-ethyl adjacent to an activating group) is 1. The lowest BCUT2D eigenvalue weighted by molar-refractivity contribution is 0.356. The zero-order valence-electron chi connectivity index (χ0n) is 13.3. The summed E-state index contributed by atoms with van der Waals surface area (Å²) in [5.41, 5.74) is 2.60. The molecule has 0 fully saturated rings.